The number of anilines is 3. The van der Waals surface area contributed by atoms with E-state index < -0.39 is 0 Å². The smallest absolute Gasteiger partial charge is 0.290 e. The molecule has 0 aromatic carbocycles. The fourth-order valence-corrected chi connectivity index (χ4v) is 6.54. The highest BCUT2D eigenvalue weighted by Crippen LogP contribution is 2.35. The number of hydrogen-bond acceptors (Lipinski definition) is 9. The van der Waals surface area contributed by atoms with Crippen molar-refractivity contribution in [3.63, 3.8) is 0 Å². The van der Waals surface area contributed by atoms with Gasteiger partial charge in [-0.15, -0.1) is 0 Å². The predicted molar refractivity (Wildman–Crippen MR) is 166 cm³/mol. The van der Waals surface area contributed by atoms with Gasteiger partial charge in [0, 0.05) is 62.4 Å². The molecule has 6 heterocycles. The Balaban J connectivity index is 1.17. The number of hydrogen-bond donors (Lipinski definition) is 2. The molecule has 13 nitrogen and oxygen atoms in total. The van der Waals surface area contributed by atoms with Gasteiger partial charge >= 0.3 is 0 Å². The lowest BCUT2D eigenvalue weighted by Gasteiger charge is -2.30. The number of morpholine rings is 1. The molecule has 4 aromatic heterocycles. The van der Waals surface area contributed by atoms with E-state index in [2.05, 4.69) is 31.9 Å². The van der Waals surface area contributed by atoms with Crippen LogP contribution >= 0.6 is 0 Å². The molecule has 3 aliphatic rings. The second-order valence-electron chi connectivity index (χ2n) is 11.8. The van der Waals surface area contributed by atoms with Crippen molar-refractivity contribution in [2.24, 2.45) is 13.0 Å². The first-order valence-corrected chi connectivity index (χ1v) is 15.1. The van der Waals surface area contributed by atoms with Crippen LogP contribution in [0.15, 0.2) is 47.5 Å². The van der Waals surface area contributed by atoms with Gasteiger partial charge in [0.25, 0.3) is 17.4 Å². The lowest BCUT2D eigenvalue weighted by Crippen LogP contribution is -2.41. The third-order valence-electron chi connectivity index (χ3n) is 8.78. The highest BCUT2D eigenvalue weighted by atomic mass is 16.5. The average Bonchev–Trinajstić information content (AvgIpc) is 3.60. The van der Waals surface area contributed by atoms with E-state index >= 15 is 0 Å². The molecule has 232 valence electrons. The Kier molecular flexibility index (Phi) is 7.42. The van der Waals surface area contributed by atoms with Crippen molar-refractivity contribution in [3.05, 3.63) is 81.2 Å². The first kappa shape index (κ1) is 28.9. The Bertz CT molecular complexity index is 1860. The molecule has 1 aliphatic carbocycles. The zero-order valence-electron chi connectivity index (χ0n) is 25.2. The second kappa shape index (κ2) is 11.6. The van der Waals surface area contributed by atoms with Crippen LogP contribution in [0, 0.1) is 5.92 Å². The van der Waals surface area contributed by atoms with Crippen LogP contribution < -0.4 is 15.8 Å². The maximum Gasteiger partial charge on any atom is 0.290 e. The summed E-state index contributed by atoms with van der Waals surface area (Å²) >= 11 is 0. The summed E-state index contributed by atoms with van der Waals surface area (Å²) in [5.74, 6) is 1.05. The summed E-state index contributed by atoms with van der Waals surface area (Å²) in [6.45, 7) is 4.99. The molecule has 0 spiro atoms. The Morgan fingerprint density at radius 3 is 2.64 bits per heavy atom. The third-order valence-corrected chi connectivity index (χ3v) is 8.78. The van der Waals surface area contributed by atoms with E-state index in [1.54, 1.807) is 40.3 Å². The number of rotatable bonds is 6. The van der Waals surface area contributed by atoms with Crippen LogP contribution in [0.1, 0.15) is 44.6 Å². The van der Waals surface area contributed by atoms with Crippen molar-refractivity contribution < 1.29 is 19.4 Å². The fourth-order valence-electron chi connectivity index (χ4n) is 6.54. The summed E-state index contributed by atoms with van der Waals surface area (Å²) in [6.07, 6.45) is 5.00. The molecule has 1 fully saturated rings. The van der Waals surface area contributed by atoms with E-state index in [0.717, 1.165) is 12.8 Å². The average molecular weight is 611 g/mol. The molecule has 2 amide bonds. The highest BCUT2D eigenvalue weighted by Gasteiger charge is 2.34. The minimum atomic E-state index is -0.386. The lowest BCUT2D eigenvalue weighted by atomic mass is 10.0. The number of carbonyl (C=O) groups is 2. The molecule has 0 radical (unpaired) electrons. The maximum atomic E-state index is 13.7. The topological polar surface area (TPSA) is 148 Å². The molecular weight excluding hydrogens is 576 g/mol. The molecule has 13 heteroatoms. The van der Waals surface area contributed by atoms with Crippen molar-refractivity contribution in [2.75, 3.05) is 43.1 Å². The largest absolute Gasteiger partial charge is 0.392 e. The van der Waals surface area contributed by atoms with Crippen LogP contribution in [0.3, 0.4) is 0 Å². The molecule has 4 aromatic rings. The van der Waals surface area contributed by atoms with Gasteiger partial charge in [-0.1, -0.05) is 6.92 Å². The molecule has 1 saturated heterocycles. The maximum absolute atomic E-state index is 13.7. The Morgan fingerprint density at radius 2 is 1.89 bits per heavy atom. The zero-order valence-corrected chi connectivity index (χ0v) is 25.2. The van der Waals surface area contributed by atoms with Gasteiger partial charge in [0.1, 0.15) is 23.0 Å². The molecule has 0 saturated carbocycles. The Morgan fingerprint density at radius 1 is 1.07 bits per heavy atom. The normalized spacial score (nSPS) is 17.8. The summed E-state index contributed by atoms with van der Waals surface area (Å²) < 4.78 is 8.66. The van der Waals surface area contributed by atoms with Crippen LogP contribution in [-0.4, -0.2) is 79.0 Å². The van der Waals surface area contributed by atoms with Crippen LogP contribution in [0.5, 0.6) is 0 Å². The van der Waals surface area contributed by atoms with Crippen LogP contribution in [0.25, 0.3) is 11.3 Å². The van der Waals surface area contributed by atoms with E-state index in [9.17, 15) is 19.5 Å². The second-order valence-corrected chi connectivity index (χ2v) is 11.8. The van der Waals surface area contributed by atoms with Gasteiger partial charge in [0.2, 0.25) is 0 Å². The minimum absolute atomic E-state index is 0.122. The van der Waals surface area contributed by atoms with E-state index in [-0.39, 0.29) is 29.7 Å². The summed E-state index contributed by atoms with van der Waals surface area (Å²) in [5.41, 5.74) is 4.79. The first-order chi connectivity index (χ1) is 21.8. The van der Waals surface area contributed by atoms with Crippen LogP contribution in [0.2, 0.25) is 0 Å². The molecule has 2 aliphatic heterocycles. The van der Waals surface area contributed by atoms with Crippen molar-refractivity contribution in [1.29, 1.82) is 0 Å². The van der Waals surface area contributed by atoms with Crippen molar-refractivity contribution in [3.8, 4) is 11.3 Å². The van der Waals surface area contributed by atoms with Gasteiger partial charge < -0.3 is 24.6 Å². The summed E-state index contributed by atoms with van der Waals surface area (Å²) in [7, 11) is 1.54. The number of nitrogens with zero attached hydrogens (tertiary/aromatic N) is 7. The Hall–Kier alpha value is -4.88. The molecule has 7 rings (SSSR count). The highest BCUT2D eigenvalue weighted by molar-refractivity contribution is 6.06. The van der Waals surface area contributed by atoms with E-state index in [1.165, 1.54) is 29.2 Å². The number of carbonyl (C=O) groups excluding carboxylic acids is 2. The van der Waals surface area contributed by atoms with E-state index in [4.69, 9.17) is 4.74 Å². The molecular formula is C32H34N8O5. The number of aromatic nitrogens is 5. The number of amides is 2. The number of aliphatic hydroxyl groups excluding tert-OH is 1. The van der Waals surface area contributed by atoms with Gasteiger partial charge in [0.15, 0.2) is 0 Å². The zero-order chi connectivity index (χ0) is 31.2. The van der Waals surface area contributed by atoms with E-state index in [0.29, 0.717) is 85.0 Å². The van der Waals surface area contributed by atoms with Crippen molar-refractivity contribution in [2.45, 2.75) is 32.9 Å². The van der Waals surface area contributed by atoms with E-state index in [1.807, 2.05) is 6.07 Å². The molecule has 0 bridgehead atoms. The standard InChI is InChI=1S/C32H34N8O5/c1-19-13-21-15-27-32(44)40(8-7-39(27)26(21)14-19)29-23(18-41)22(5-6-33-29)24-16-25(31(43)37(2)36-24)35-28-4-3-20(17-34-28)30(42)38-9-11-45-12-10-38/h3-6,15-17,19,41H,7-14,18H2,1-2H3,(H,34,35). The lowest BCUT2D eigenvalue weighted by molar-refractivity contribution is 0.0302. The number of ether oxygens (including phenoxy) is 1. The van der Waals surface area contributed by atoms with Gasteiger partial charge in [-0.05, 0) is 54.7 Å². The van der Waals surface area contributed by atoms with Gasteiger partial charge in [-0.3, -0.25) is 19.3 Å². The monoisotopic (exact) mass is 610 g/mol. The number of pyridine rings is 2. The minimum Gasteiger partial charge on any atom is -0.392 e. The van der Waals surface area contributed by atoms with Crippen LogP contribution in [-0.2, 0) is 37.8 Å². The predicted octanol–water partition coefficient (Wildman–Crippen LogP) is 2.14. The third kappa shape index (κ3) is 5.17. The van der Waals surface area contributed by atoms with Crippen molar-refractivity contribution in [1.82, 2.24) is 29.2 Å². The summed E-state index contributed by atoms with van der Waals surface area (Å²) in [6, 6.07) is 8.61. The quantitative estimate of drug-likeness (QED) is 0.335. The molecule has 1 atom stereocenters. The summed E-state index contributed by atoms with van der Waals surface area (Å²) in [4.78, 5) is 51.8. The fraction of sp³-hybridized carbons (Fsp3) is 0.375. The van der Waals surface area contributed by atoms with Crippen molar-refractivity contribution >= 4 is 29.1 Å². The van der Waals surface area contributed by atoms with Gasteiger partial charge in [0.05, 0.1) is 31.1 Å². The number of aryl methyl sites for hydroxylation is 1. The number of nitrogens with one attached hydrogen (secondary N) is 1. The first-order valence-electron chi connectivity index (χ1n) is 15.1. The summed E-state index contributed by atoms with van der Waals surface area (Å²) in [5, 5.41) is 18.1. The SMILES string of the molecule is CC1Cc2cc3n(c2C1)CCN(c1nccc(-c2cc(Nc4ccc(C(=O)N5CCOCC5)cn4)c(=O)n(C)n2)c1CO)C3=O. The Labute approximate surface area is 259 Å². The van der Waals surface area contributed by atoms with Gasteiger partial charge in [-0.25, -0.2) is 14.6 Å². The molecule has 45 heavy (non-hydrogen) atoms. The number of fused-ring (bicyclic) bond motifs is 3. The molecule has 2 N–H and O–H groups in total. The number of aliphatic hydroxyl groups is 1. The van der Waals surface area contributed by atoms with Gasteiger partial charge in [-0.2, -0.15) is 5.10 Å². The van der Waals surface area contributed by atoms with Crippen LogP contribution in [0.4, 0.5) is 17.3 Å². The molecule has 1 unspecified atom stereocenters.